The Balaban J connectivity index is 1.59. The first-order valence-corrected chi connectivity index (χ1v) is 9.32. The number of halogens is 2. The number of benzene rings is 2. The number of carbonyl (C=O) groups is 2. The first-order valence-electron chi connectivity index (χ1n) is 8.57. The number of nitrogens with one attached hydrogen (secondary N) is 1. The van der Waals surface area contributed by atoms with Gasteiger partial charge in [0.05, 0.1) is 28.8 Å². The maximum Gasteiger partial charge on any atom is 0.338 e. The van der Waals surface area contributed by atoms with Gasteiger partial charge in [0.15, 0.2) is 12.4 Å². The lowest BCUT2D eigenvalue weighted by Gasteiger charge is -2.26. The van der Waals surface area contributed by atoms with Crippen molar-refractivity contribution < 1.29 is 19.1 Å². The number of fused-ring (bicyclic) bond motifs is 1. The second kappa shape index (κ2) is 8.63. The summed E-state index contributed by atoms with van der Waals surface area (Å²) in [6.07, 6.45) is 2.88. The molecule has 0 bridgehead atoms. The van der Waals surface area contributed by atoms with Crippen molar-refractivity contribution in [3.8, 4) is 5.75 Å². The molecular weight excluding hydrogens is 389 g/mol. The third-order valence-electron chi connectivity index (χ3n) is 4.48. The summed E-state index contributed by atoms with van der Waals surface area (Å²) in [5.74, 6) is -0.750. The Hall–Kier alpha value is -2.24. The highest BCUT2D eigenvalue weighted by molar-refractivity contribution is 6.37. The molecule has 0 heterocycles. The van der Waals surface area contributed by atoms with Crippen molar-refractivity contribution in [2.24, 2.45) is 0 Å². The summed E-state index contributed by atoms with van der Waals surface area (Å²) in [5.41, 5.74) is 2.52. The highest BCUT2D eigenvalue weighted by Crippen LogP contribution is 2.34. The van der Waals surface area contributed by atoms with Crippen molar-refractivity contribution in [1.82, 2.24) is 5.32 Å². The van der Waals surface area contributed by atoms with Gasteiger partial charge in [0, 0.05) is 0 Å². The van der Waals surface area contributed by atoms with Gasteiger partial charge in [0.25, 0.3) is 5.91 Å². The molecule has 0 unspecified atom stereocenters. The molecule has 3 rings (SSSR count). The van der Waals surface area contributed by atoms with E-state index in [9.17, 15) is 9.59 Å². The molecule has 0 fully saturated rings. The van der Waals surface area contributed by atoms with Gasteiger partial charge < -0.3 is 14.8 Å². The van der Waals surface area contributed by atoms with Crippen LogP contribution in [0.25, 0.3) is 0 Å². The van der Waals surface area contributed by atoms with Gasteiger partial charge in [-0.15, -0.1) is 0 Å². The number of hydrogen-bond donors (Lipinski definition) is 1. The van der Waals surface area contributed by atoms with Gasteiger partial charge in [-0.05, 0) is 42.5 Å². The molecule has 1 aliphatic carbocycles. The number of amides is 1. The van der Waals surface area contributed by atoms with E-state index in [4.69, 9.17) is 32.7 Å². The summed E-state index contributed by atoms with van der Waals surface area (Å²) in [6.45, 7) is -0.376. The number of methoxy groups -OCH3 is 1. The third-order valence-corrected chi connectivity index (χ3v) is 5.04. The van der Waals surface area contributed by atoms with Crippen LogP contribution in [0.15, 0.2) is 36.4 Å². The Kier molecular flexibility index (Phi) is 6.24. The van der Waals surface area contributed by atoms with Crippen molar-refractivity contribution in [3.05, 3.63) is 63.1 Å². The van der Waals surface area contributed by atoms with E-state index in [1.54, 1.807) is 0 Å². The van der Waals surface area contributed by atoms with Crippen molar-refractivity contribution in [3.63, 3.8) is 0 Å². The molecule has 0 aliphatic heterocycles. The topological polar surface area (TPSA) is 64.6 Å². The van der Waals surface area contributed by atoms with E-state index in [2.05, 4.69) is 11.4 Å². The molecule has 1 atom stereocenters. The van der Waals surface area contributed by atoms with E-state index in [0.717, 1.165) is 24.8 Å². The molecule has 0 saturated heterocycles. The summed E-state index contributed by atoms with van der Waals surface area (Å²) >= 11 is 12.0. The van der Waals surface area contributed by atoms with E-state index in [1.807, 2.05) is 18.2 Å². The third kappa shape index (κ3) is 4.54. The monoisotopic (exact) mass is 407 g/mol. The zero-order valence-corrected chi connectivity index (χ0v) is 16.3. The van der Waals surface area contributed by atoms with Gasteiger partial charge in [0.2, 0.25) is 0 Å². The first kappa shape index (κ1) is 19.5. The van der Waals surface area contributed by atoms with E-state index >= 15 is 0 Å². The fourth-order valence-electron chi connectivity index (χ4n) is 3.23. The largest absolute Gasteiger partial charge is 0.494 e. The summed E-state index contributed by atoms with van der Waals surface area (Å²) in [6, 6.07) is 10.8. The van der Waals surface area contributed by atoms with Crippen LogP contribution in [0.1, 0.15) is 40.4 Å². The molecule has 142 valence electrons. The molecule has 2 aromatic carbocycles. The zero-order chi connectivity index (χ0) is 19.4. The molecular formula is C20H19Cl2NO4. The van der Waals surface area contributed by atoms with Crippen LogP contribution in [0, 0.1) is 0 Å². The van der Waals surface area contributed by atoms with E-state index in [0.29, 0.717) is 0 Å². The second-order valence-electron chi connectivity index (χ2n) is 6.26. The molecule has 1 amide bonds. The minimum atomic E-state index is -0.680. The van der Waals surface area contributed by atoms with Crippen LogP contribution in [0.5, 0.6) is 5.75 Å². The van der Waals surface area contributed by atoms with Gasteiger partial charge in [0.1, 0.15) is 0 Å². The predicted molar refractivity (Wildman–Crippen MR) is 104 cm³/mol. The Morgan fingerprint density at radius 1 is 1.19 bits per heavy atom. The maximum atomic E-state index is 12.2. The van der Waals surface area contributed by atoms with Crippen molar-refractivity contribution in [2.75, 3.05) is 13.7 Å². The van der Waals surface area contributed by atoms with Crippen LogP contribution in [-0.2, 0) is 16.0 Å². The van der Waals surface area contributed by atoms with E-state index in [1.165, 1.54) is 24.8 Å². The Labute approximate surface area is 167 Å². The maximum absolute atomic E-state index is 12.2. The lowest BCUT2D eigenvalue weighted by atomic mass is 9.88. The minimum Gasteiger partial charge on any atom is -0.494 e. The molecule has 0 spiro atoms. The predicted octanol–water partition coefficient (Wildman–Crippen LogP) is 4.35. The van der Waals surface area contributed by atoms with Crippen molar-refractivity contribution in [2.45, 2.75) is 25.3 Å². The summed E-state index contributed by atoms with van der Waals surface area (Å²) < 4.78 is 10.1. The molecule has 5 nitrogen and oxygen atoms in total. The Morgan fingerprint density at radius 3 is 2.59 bits per heavy atom. The van der Waals surface area contributed by atoms with Crippen molar-refractivity contribution in [1.29, 1.82) is 0 Å². The molecule has 0 aromatic heterocycles. The van der Waals surface area contributed by atoms with Crippen LogP contribution in [0.4, 0.5) is 0 Å². The highest BCUT2D eigenvalue weighted by Gasteiger charge is 2.22. The fourth-order valence-corrected chi connectivity index (χ4v) is 3.87. The van der Waals surface area contributed by atoms with Gasteiger partial charge in [-0.1, -0.05) is 47.5 Å². The Morgan fingerprint density at radius 2 is 1.89 bits per heavy atom. The van der Waals surface area contributed by atoms with Gasteiger partial charge in [-0.3, -0.25) is 4.79 Å². The summed E-state index contributed by atoms with van der Waals surface area (Å²) in [4.78, 5) is 24.4. The number of rotatable bonds is 5. The molecule has 2 aromatic rings. The van der Waals surface area contributed by atoms with Crippen LogP contribution < -0.4 is 10.1 Å². The van der Waals surface area contributed by atoms with Crippen molar-refractivity contribution >= 4 is 35.1 Å². The van der Waals surface area contributed by atoms with Gasteiger partial charge in [-0.2, -0.15) is 0 Å². The average Bonchev–Trinajstić information content (AvgIpc) is 2.66. The summed E-state index contributed by atoms with van der Waals surface area (Å²) in [5, 5.41) is 3.32. The number of aryl methyl sites for hydroxylation is 1. The molecule has 0 saturated carbocycles. The zero-order valence-electron chi connectivity index (χ0n) is 14.8. The average molecular weight is 408 g/mol. The lowest BCUT2D eigenvalue weighted by molar-refractivity contribution is -0.125. The molecule has 0 radical (unpaired) electrons. The normalized spacial score (nSPS) is 15.6. The minimum absolute atomic E-state index is 0.0639. The number of esters is 1. The summed E-state index contributed by atoms with van der Waals surface area (Å²) in [7, 11) is 1.43. The van der Waals surface area contributed by atoms with Crippen LogP contribution in [0.3, 0.4) is 0 Å². The SMILES string of the molecule is COc1c(Cl)cc(C(=O)OCC(=O)N[C@@H]2CCCc3ccccc32)cc1Cl. The molecule has 7 heteroatoms. The molecule has 1 aliphatic rings. The molecule has 27 heavy (non-hydrogen) atoms. The second-order valence-corrected chi connectivity index (χ2v) is 7.07. The quantitative estimate of drug-likeness (QED) is 0.748. The smallest absolute Gasteiger partial charge is 0.338 e. The number of hydrogen-bond acceptors (Lipinski definition) is 4. The fraction of sp³-hybridized carbons (Fsp3) is 0.300. The van der Waals surface area contributed by atoms with E-state index < -0.39 is 5.97 Å². The van der Waals surface area contributed by atoms with Crippen LogP contribution in [0.2, 0.25) is 10.0 Å². The van der Waals surface area contributed by atoms with E-state index in [-0.39, 0.29) is 39.9 Å². The molecule has 1 N–H and O–H groups in total. The lowest BCUT2D eigenvalue weighted by Crippen LogP contribution is -2.34. The highest BCUT2D eigenvalue weighted by atomic mass is 35.5. The Bertz CT molecular complexity index is 846. The standard InChI is InChI=1S/C20H19Cl2NO4/c1-26-19-15(21)9-13(10-16(19)22)20(25)27-11-18(24)23-17-8-4-6-12-5-2-3-7-14(12)17/h2-3,5,7,9-10,17H,4,6,8,11H2,1H3,(H,23,24)/t17-/m1/s1. The van der Waals surface area contributed by atoms with Crippen LogP contribution >= 0.6 is 23.2 Å². The first-order chi connectivity index (χ1) is 13.0. The number of ether oxygens (including phenoxy) is 2. The van der Waals surface area contributed by atoms with Crippen LogP contribution in [-0.4, -0.2) is 25.6 Å². The number of carbonyl (C=O) groups excluding carboxylic acids is 2. The van der Waals surface area contributed by atoms with Gasteiger partial charge in [-0.25, -0.2) is 4.79 Å². The van der Waals surface area contributed by atoms with Gasteiger partial charge >= 0.3 is 5.97 Å².